The molecule has 5 heteroatoms. The fourth-order valence-electron chi connectivity index (χ4n) is 2.08. The molecule has 2 aromatic carbocycles. The SMILES string of the molecule is Cc1cc(C(Cc2cc(Br)ccc2F)NN)ccc1Br. The van der Waals surface area contributed by atoms with Gasteiger partial charge in [0.25, 0.3) is 0 Å². The number of benzene rings is 2. The lowest BCUT2D eigenvalue weighted by Crippen LogP contribution is -2.29. The van der Waals surface area contributed by atoms with Gasteiger partial charge in [0.05, 0.1) is 6.04 Å². The van der Waals surface area contributed by atoms with Crippen molar-refractivity contribution in [2.75, 3.05) is 0 Å². The Labute approximate surface area is 134 Å². The van der Waals surface area contributed by atoms with Crippen LogP contribution in [0.4, 0.5) is 4.39 Å². The second-order valence-electron chi connectivity index (χ2n) is 4.67. The summed E-state index contributed by atoms with van der Waals surface area (Å²) >= 11 is 6.83. The fourth-order valence-corrected chi connectivity index (χ4v) is 2.73. The van der Waals surface area contributed by atoms with Gasteiger partial charge < -0.3 is 0 Å². The summed E-state index contributed by atoms with van der Waals surface area (Å²) in [5.41, 5.74) is 5.55. The summed E-state index contributed by atoms with van der Waals surface area (Å²) in [6.45, 7) is 2.01. The number of rotatable bonds is 4. The van der Waals surface area contributed by atoms with E-state index in [0.717, 1.165) is 20.1 Å². The maximum atomic E-state index is 13.8. The average Bonchev–Trinajstić information content (AvgIpc) is 2.43. The lowest BCUT2D eigenvalue weighted by molar-refractivity contribution is 0.528. The van der Waals surface area contributed by atoms with Gasteiger partial charge in [0.15, 0.2) is 0 Å². The highest BCUT2D eigenvalue weighted by molar-refractivity contribution is 9.10. The topological polar surface area (TPSA) is 38.0 Å². The summed E-state index contributed by atoms with van der Waals surface area (Å²) in [6, 6.07) is 10.8. The van der Waals surface area contributed by atoms with Crippen LogP contribution < -0.4 is 11.3 Å². The Hall–Kier alpha value is -0.750. The molecule has 0 aliphatic heterocycles. The maximum Gasteiger partial charge on any atom is 0.126 e. The molecule has 1 atom stereocenters. The van der Waals surface area contributed by atoms with Crippen molar-refractivity contribution in [3.8, 4) is 0 Å². The minimum Gasteiger partial charge on any atom is -0.271 e. The third-order valence-electron chi connectivity index (χ3n) is 3.22. The minimum atomic E-state index is -0.220. The smallest absolute Gasteiger partial charge is 0.126 e. The summed E-state index contributed by atoms with van der Waals surface area (Å²) in [5.74, 6) is 5.41. The molecule has 0 saturated heterocycles. The third-order valence-corrected chi connectivity index (χ3v) is 4.60. The zero-order valence-electron chi connectivity index (χ0n) is 11.0. The van der Waals surface area contributed by atoms with Gasteiger partial charge in [-0.1, -0.05) is 44.0 Å². The van der Waals surface area contributed by atoms with Gasteiger partial charge in [-0.2, -0.15) is 0 Å². The molecule has 0 saturated carbocycles. The predicted octanol–water partition coefficient (Wildman–Crippen LogP) is 4.41. The molecular weight excluding hydrogens is 387 g/mol. The van der Waals surface area contributed by atoms with Crippen LogP contribution in [0, 0.1) is 12.7 Å². The highest BCUT2D eigenvalue weighted by Crippen LogP contribution is 2.25. The normalized spacial score (nSPS) is 12.4. The van der Waals surface area contributed by atoms with E-state index in [1.54, 1.807) is 12.1 Å². The molecule has 0 aliphatic rings. The van der Waals surface area contributed by atoms with Crippen LogP contribution in [-0.4, -0.2) is 0 Å². The highest BCUT2D eigenvalue weighted by Gasteiger charge is 2.14. The van der Waals surface area contributed by atoms with Gasteiger partial charge in [-0.15, -0.1) is 0 Å². The predicted molar refractivity (Wildman–Crippen MR) is 86.7 cm³/mol. The van der Waals surface area contributed by atoms with Crippen molar-refractivity contribution in [2.45, 2.75) is 19.4 Å². The van der Waals surface area contributed by atoms with Gasteiger partial charge in [0.2, 0.25) is 0 Å². The van der Waals surface area contributed by atoms with Crippen molar-refractivity contribution in [3.05, 3.63) is 67.9 Å². The van der Waals surface area contributed by atoms with Crippen molar-refractivity contribution in [1.29, 1.82) is 0 Å². The Morgan fingerprint density at radius 1 is 1.20 bits per heavy atom. The first-order chi connectivity index (χ1) is 9.51. The van der Waals surface area contributed by atoms with Crippen molar-refractivity contribution < 1.29 is 4.39 Å². The number of hydrogen-bond donors (Lipinski definition) is 2. The van der Waals surface area contributed by atoms with Crippen molar-refractivity contribution in [1.82, 2.24) is 5.43 Å². The summed E-state index contributed by atoms with van der Waals surface area (Å²) in [6.07, 6.45) is 0.489. The molecule has 0 spiro atoms. The molecule has 20 heavy (non-hydrogen) atoms. The Morgan fingerprint density at radius 3 is 2.60 bits per heavy atom. The third kappa shape index (κ3) is 3.67. The van der Waals surface area contributed by atoms with E-state index in [0.29, 0.717) is 12.0 Å². The van der Waals surface area contributed by atoms with Crippen LogP contribution in [0.5, 0.6) is 0 Å². The molecule has 0 heterocycles. The molecule has 0 fully saturated rings. The van der Waals surface area contributed by atoms with Gasteiger partial charge in [0.1, 0.15) is 5.82 Å². The second-order valence-corrected chi connectivity index (χ2v) is 6.44. The largest absolute Gasteiger partial charge is 0.271 e. The zero-order valence-corrected chi connectivity index (χ0v) is 14.1. The van der Waals surface area contributed by atoms with Gasteiger partial charge in [0, 0.05) is 8.95 Å². The van der Waals surface area contributed by atoms with Gasteiger partial charge >= 0.3 is 0 Å². The van der Waals surface area contributed by atoms with E-state index >= 15 is 0 Å². The number of hydrogen-bond acceptors (Lipinski definition) is 2. The van der Waals surface area contributed by atoms with E-state index in [1.807, 2.05) is 25.1 Å². The number of halogens is 3. The summed E-state index contributed by atoms with van der Waals surface area (Å²) in [5, 5.41) is 0. The summed E-state index contributed by atoms with van der Waals surface area (Å²) in [4.78, 5) is 0. The fraction of sp³-hybridized carbons (Fsp3) is 0.200. The van der Waals surface area contributed by atoms with E-state index < -0.39 is 0 Å². The molecule has 1 unspecified atom stereocenters. The van der Waals surface area contributed by atoms with Crippen LogP contribution in [0.2, 0.25) is 0 Å². The lowest BCUT2D eigenvalue weighted by atomic mass is 9.98. The van der Waals surface area contributed by atoms with Crippen LogP contribution in [-0.2, 0) is 6.42 Å². The average molecular weight is 402 g/mol. The molecule has 2 aromatic rings. The molecule has 0 aliphatic carbocycles. The second kappa shape index (κ2) is 6.80. The van der Waals surface area contributed by atoms with Crippen LogP contribution in [0.15, 0.2) is 45.3 Å². The van der Waals surface area contributed by atoms with Crippen LogP contribution in [0.3, 0.4) is 0 Å². The maximum absolute atomic E-state index is 13.8. The van der Waals surface area contributed by atoms with Crippen molar-refractivity contribution in [2.24, 2.45) is 5.84 Å². The number of aryl methyl sites for hydroxylation is 1. The van der Waals surface area contributed by atoms with E-state index in [1.165, 1.54) is 6.07 Å². The van der Waals surface area contributed by atoms with Crippen LogP contribution in [0.25, 0.3) is 0 Å². The van der Waals surface area contributed by atoms with Crippen LogP contribution in [0.1, 0.15) is 22.7 Å². The van der Waals surface area contributed by atoms with E-state index in [-0.39, 0.29) is 11.9 Å². The zero-order chi connectivity index (χ0) is 14.7. The Bertz CT molecular complexity index is 617. The number of nitrogens with one attached hydrogen (secondary N) is 1. The summed E-state index contributed by atoms with van der Waals surface area (Å²) in [7, 11) is 0. The quantitative estimate of drug-likeness (QED) is 0.588. The van der Waals surface area contributed by atoms with Crippen LogP contribution >= 0.6 is 31.9 Å². The number of hydrazine groups is 1. The molecule has 0 bridgehead atoms. The monoisotopic (exact) mass is 400 g/mol. The van der Waals surface area contributed by atoms with Crippen molar-refractivity contribution in [3.63, 3.8) is 0 Å². The van der Waals surface area contributed by atoms with Gasteiger partial charge in [-0.05, 0) is 54.3 Å². The van der Waals surface area contributed by atoms with E-state index in [4.69, 9.17) is 5.84 Å². The first-order valence-corrected chi connectivity index (χ1v) is 7.76. The molecule has 2 nitrogen and oxygen atoms in total. The van der Waals surface area contributed by atoms with E-state index in [9.17, 15) is 4.39 Å². The van der Waals surface area contributed by atoms with Gasteiger partial charge in [-0.3, -0.25) is 11.3 Å². The molecule has 106 valence electrons. The first kappa shape index (κ1) is 15.6. The molecular formula is C15H15Br2FN2. The Morgan fingerprint density at radius 2 is 1.95 bits per heavy atom. The lowest BCUT2D eigenvalue weighted by Gasteiger charge is -2.18. The summed E-state index contributed by atoms with van der Waals surface area (Å²) < 4.78 is 15.7. The Balaban J connectivity index is 2.28. The molecule has 3 N–H and O–H groups in total. The highest BCUT2D eigenvalue weighted by atomic mass is 79.9. The molecule has 0 amide bonds. The minimum absolute atomic E-state index is 0.134. The molecule has 0 radical (unpaired) electrons. The van der Waals surface area contributed by atoms with Crippen molar-refractivity contribution >= 4 is 31.9 Å². The number of nitrogens with two attached hydrogens (primary N) is 1. The first-order valence-electron chi connectivity index (χ1n) is 6.17. The standard InChI is InChI=1S/C15H15Br2FN2/c1-9-6-10(2-4-13(9)17)15(20-19)8-11-7-12(16)3-5-14(11)18/h2-7,15,20H,8,19H2,1H3. The molecule has 0 aromatic heterocycles. The Kier molecular flexibility index (Phi) is 5.32. The van der Waals surface area contributed by atoms with E-state index in [2.05, 4.69) is 37.3 Å². The molecule has 2 rings (SSSR count). The van der Waals surface area contributed by atoms with Gasteiger partial charge in [-0.25, -0.2) is 4.39 Å².